The van der Waals surface area contributed by atoms with E-state index >= 15 is 0 Å². The van der Waals surface area contributed by atoms with Crippen LogP contribution < -0.4 is 0 Å². The van der Waals surface area contributed by atoms with Crippen molar-refractivity contribution >= 4 is 23.6 Å². The maximum absolute atomic E-state index is 13.0. The van der Waals surface area contributed by atoms with E-state index in [0.29, 0.717) is 38.5 Å². The Hall–Kier alpha value is -2.35. The number of hydrogen-bond donors (Lipinski definition) is 0. The van der Waals surface area contributed by atoms with Crippen molar-refractivity contribution in [2.75, 3.05) is 19.7 Å². The number of benzene rings is 1. The summed E-state index contributed by atoms with van der Waals surface area (Å²) in [5.41, 5.74) is 1.03. The molecular formula is C22H28N4O3S. The zero-order valence-corrected chi connectivity index (χ0v) is 18.3. The number of carbonyl (C=O) groups is 2. The van der Waals surface area contributed by atoms with Gasteiger partial charge in [-0.15, -0.1) is 10.2 Å². The van der Waals surface area contributed by atoms with Crippen LogP contribution in [0.1, 0.15) is 51.3 Å². The normalized spacial score (nSPS) is 18.3. The lowest BCUT2D eigenvalue weighted by Crippen LogP contribution is -2.43. The van der Waals surface area contributed by atoms with Gasteiger partial charge >= 0.3 is 5.97 Å². The molecule has 2 fully saturated rings. The number of esters is 1. The van der Waals surface area contributed by atoms with E-state index in [1.165, 1.54) is 11.8 Å². The van der Waals surface area contributed by atoms with Crippen molar-refractivity contribution in [3.05, 3.63) is 36.2 Å². The van der Waals surface area contributed by atoms with E-state index in [9.17, 15) is 9.59 Å². The summed E-state index contributed by atoms with van der Waals surface area (Å²) in [6.07, 6.45) is 3.60. The molecule has 2 aliphatic rings. The van der Waals surface area contributed by atoms with Crippen LogP contribution >= 0.6 is 11.8 Å². The van der Waals surface area contributed by atoms with Gasteiger partial charge in [-0.2, -0.15) is 0 Å². The highest BCUT2D eigenvalue weighted by atomic mass is 32.2. The van der Waals surface area contributed by atoms with Gasteiger partial charge in [0.25, 0.3) is 0 Å². The predicted octanol–water partition coefficient (Wildman–Crippen LogP) is 3.43. The quantitative estimate of drug-likeness (QED) is 0.497. The Morgan fingerprint density at radius 1 is 1.13 bits per heavy atom. The maximum atomic E-state index is 13.0. The number of nitrogens with zero attached hydrogens (tertiary/aromatic N) is 4. The lowest BCUT2D eigenvalue weighted by molar-refractivity contribution is -0.151. The Bertz CT molecular complexity index is 889. The van der Waals surface area contributed by atoms with Gasteiger partial charge in [0, 0.05) is 24.7 Å². The lowest BCUT2D eigenvalue weighted by Gasteiger charge is -2.32. The molecular weight excluding hydrogens is 400 g/mol. The van der Waals surface area contributed by atoms with Crippen molar-refractivity contribution < 1.29 is 14.3 Å². The van der Waals surface area contributed by atoms with E-state index in [1.54, 1.807) is 0 Å². The monoisotopic (exact) mass is 428 g/mol. The standard InChI is InChI=1S/C22H28N4O3S/c1-3-29-21(28)17-11-13-25(14-12-17)20(27)15(2)30-22-24-23-19(16-9-10-16)26(22)18-7-5-4-6-8-18/h4-8,15-17H,3,9-14H2,1-2H3. The molecule has 8 heteroatoms. The molecule has 4 rings (SSSR count). The number of piperidine rings is 1. The average molecular weight is 429 g/mol. The zero-order chi connectivity index (χ0) is 21.1. The summed E-state index contributed by atoms with van der Waals surface area (Å²) in [7, 11) is 0. The summed E-state index contributed by atoms with van der Waals surface area (Å²) < 4.78 is 7.22. The first-order chi connectivity index (χ1) is 14.6. The molecule has 2 heterocycles. The number of thioether (sulfide) groups is 1. The van der Waals surface area contributed by atoms with Crippen molar-refractivity contribution in [3.8, 4) is 5.69 Å². The Balaban J connectivity index is 1.43. The molecule has 0 bridgehead atoms. The highest BCUT2D eigenvalue weighted by Crippen LogP contribution is 2.41. The van der Waals surface area contributed by atoms with Crippen LogP contribution in [0.15, 0.2) is 35.5 Å². The first kappa shape index (κ1) is 20.9. The molecule has 1 aromatic carbocycles. The summed E-state index contributed by atoms with van der Waals surface area (Å²) in [5, 5.41) is 9.34. The fraction of sp³-hybridized carbons (Fsp3) is 0.545. The molecule has 0 spiro atoms. The Kier molecular flexibility index (Phi) is 6.41. The second kappa shape index (κ2) is 9.20. The molecule has 160 valence electrons. The predicted molar refractivity (Wildman–Crippen MR) is 115 cm³/mol. The number of ether oxygens (including phenoxy) is 1. The van der Waals surface area contributed by atoms with E-state index in [1.807, 2.05) is 49.1 Å². The lowest BCUT2D eigenvalue weighted by atomic mass is 9.97. The first-order valence-corrected chi connectivity index (χ1v) is 11.6. The van der Waals surface area contributed by atoms with Crippen LogP contribution in [0.5, 0.6) is 0 Å². The first-order valence-electron chi connectivity index (χ1n) is 10.7. The molecule has 1 saturated heterocycles. The van der Waals surface area contributed by atoms with Gasteiger partial charge in [0.15, 0.2) is 5.16 Å². The van der Waals surface area contributed by atoms with Crippen LogP contribution in [-0.2, 0) is 14.3 Å². The number of aromatic nitrogens is 3. The highest BCUT2D eigenvalue weighted by molar-refractivity contribution is 8.00. The molecule has 1 amide bonds. The van der Waals surface area contributed by atoms with Crippen molar-refractivity contribution in [1.82, 2.24) is 19.7 Å². The molecule has 1 aliphatic carbocycles. The summed E-state index contributed by atoms with van der Waals surface area (Å²) in [6, 6.07) is 10.1. The minimum Gasteiger partial charge on any atom is -0.466 e. The third-order valence-corrected chi connectivity index (χ3v) is 6.70. The van der Waals surface area contributed by atoms with Gasteiger partial charge < -0.3 is 9.64 Å². The topological polar surface area (TPSA) is 77.3 Å². The molecule has 0 N–H and O–H groups in total. The summed E-state index contributed by atoms with van der Waals surface area (Å²) >= 11 is 1.45. The van der Waals surface area contributed by atoms with Crippen molar-refractivity contribution in [2.24, 2.45) is 5.92 Å². The fourth-order valence-corrected chi connectivity index (χ4v) is 4.80. The van der Waals surface area contributed by atoms with Gasteiger partial charge in [-0.1, -0.05) is 30.0 Å². The van der Waals surface area contributed by atoms with Crippen molar-refractivity contribution in [1.29, 1.82) is 0 Å². The Morgan fingerprint density at radius 3 is 2.47 bits per heavy atom. The molecule has 1 unspecified atom stereocenters. The SMILES string of the molecule is CCOC(=O)C1CCN(C(=O)C(C)Sc2nnc(C3CC3)n2-c2ccccc2)CC1. The maximum Gasteiger partial charge on any atom is 0.309 e. The molecule has 30 heavy (non-hydrogen) atoms. The molecule has 0 radical (unpaired) electrons. The smallest absolute Gasteiger partial charge is 0.309 e. The second-order valence-corrected chi connectivity index (χ2v) is 9.21. The van der Waals surface area contributed by atoms with Gasteiger partial charge in [0.05, 0.1) is 17.8 Å². The number of para-hydroxylation sites is 1. The van der Waals surface area contributed by atoms with Gasteiger partial charge in [-0.25, -0.2) is 0 Å². The minimum atomic E-state index is -0.275. The van der Waals surface area contributed by atoms with Crippen molar-refractivity contribution in [3.63, 3.8) is 0 Å². The molecule has 1 saturated carbocycles. The Labute approximate surface area is 181 Å². The second-order valence-electron chi connectivity index (χ2n) is 7.90. The van der Waals surface area contributed by atoms with Crippen LogP contribution in [0.4, 0.5) is 0 Å². The summed E-state index contributed by atoms with van der Waals surface area (Å²) in [5.74, 6) is 1.28. The van der Waals surface area contributed by atoms with E-state index in [-0.39, 0.29) is 23.0 Å². The number of carbonyl (C=O) groups excluding carboxylic acids is 2. The summed E-state index contributed by atoms with van der Waals surface area (Å²) in [6.45, 7) is 5.32. The molecule has 1 aliphatic heterocycles. The van der Waals surface area contributed by atoms with Gasteiger partial charge in [0.2, 0.25) is 5.91 Å². The van der Waals surface area contributed by atoms with Crippen LogP contribution in [0.25, 0.3) is 5.69 Å². The van der Waals surface area contributed by atoms with Gasteiger partial charge in [-0.3, -0.25) is 14.2 Å². The fourth-order valence-electron chi connectivity index (χ4n) is 3.84. The zero-order valence-electron chi connectivity index (χ0n) is 17.5. The third-order valence-electron chi connectivity index (χ3n) is 5.67. The minimum absolute atomic E-state index is 0.0814. The number of rotatable bonds is 7. The van der Waals surface area contributed by atoms with Gasteiger partial charge in [0.1, 0.15) is 5.82 Å². The van der Waals surface area contributed by atoms with Crippen LogP contribution in [0.2, 0.25) is 0 Å². The van der Waals surface area contributed by atoms with Crippen molar-refractivity contribution in [2.45, 2.75) is 55.9 Å². The van der Waals surface area contributed by atoms with E-state index in [4.69, 9.17) is 4.74 Å². The largest absolute Gasteiger partial charge is 0.466 e. The average Bonchev–Trinajstić information content (AvgIpc) is 3.54. The summed E-state index contributed by atoms with van der Waals surface area (Å²) in [4.78, 5) is 26.8. The van der Waals surface area contributed by atoms with Crippen LogP contribution in [-0.4, -0.2) is 56.5 Å². The van der Waals surface area contributed by atoms with Crippen LogP contribution in [0, 0.1) is 5.92 Å². The molecule has 1 aromatic heterocycles. The molecule has 1 atom stereocenters. The number of hydrogen-bond acceptors (Lipinski definition) is 6. The number of amides is 1. The third kappa shape index (κ3) is 4.53. The molecule has 2 aromatic rings. The Morgan fingerprint density at radius 2 is 1.83 bits per heavy atom. The van der Waals surface area contributed by atoms with E-state index < -0.39 is 0 Å². The highest BCUT2D eigenvalue weighted by Gasteiger charge is 2.33. The van der Waals surface area contributed by atoms with E-state index in [2.05, 4.69) is 14.8 Å². The van der Waals surface area contributed by atoms with E-state index in [0.717, 1.165) is 29.5 Å². The van der Waals surface area contributed by atoms with Gasteiger partial charge in [-0.05, 0) is 51.7 Å². The molecule has 7 nitrogen and oxygen atoms in total. The van der Waals surface area contributed by atoms with Crippen LogP contribution in [0.3, 0.4) is 0 Å². The number of likely N-dealkylation sites (tertiary alicyclic amines) is 1.